The van der Waals surface area contributed by atoms with Gasteiger partial charge >= 0.3 is 0 Å². The smallest absolute Gasteiger partial charge is 0.0513 e. The number of unbranched alkanes of at least 4 members (excludes halogenated alkanes) is 1. The van der Waals surface area contributed by atoms with Crippen molar-refractivity contribution in [3.05, 3.63) is 35.0 Å². The summed E-state index contributed by atoms with van der Waals surface area (Å²) in [6, 6.07) is 4.56. The first-order valence-corrected chi connectivity index (χ1v) is 7.37. The third kappa shape index (κ3) is 3.01. The minimum absolute atomic E-state index is 0.259. The molecule has 0 radical (unpaired) electrons. The van der Waals surface area contributed by atoms with Crippen LogP contribution in [0.25, 0.3) is 10.9 Å². The van der Waals surface area contributed by atoms with Crippen molar-refractivity contribution in [2.75, 3.05) is 6.61 Å². The molecular formula is C17H25NO. The van der Waals surface area contributed by atoms with E-state index in [2.05, 4.69) is 43.7 Å². The molecule has 0 unspecified atom stereocenters. The maximum Gasteiger partial charge on any atom is 0.0513 e. The number of fused-ring (bicyclic) bond motifs is 1. The monoisotopic (exact) mass is 259 g/mol. The zero-order chi connectivity index (χ0) is 13.8. The zero-order valence-electron chi connectivity index (χ0n) is 12.4. The van der Waals surface area contributed by atoms with Crippen molar-refractivity contribution in [3.8, 4) is 0 Å². The quantitative estimate of drug-likeness (QED) is 0.834. The molecule has 0 fully saturated rings. The second kappa shape index (κ2) is 6.25. The van der Waals surface area contributed by atoms with Crippen LogP contribution in [0.3, 0.4) is 0 Å². The Morgan fingerprint density at radius 1 is 1.16 bits per heavy atom. The lowest BCUT2D eigenvalue weighted by Gasteiger charge is -2.07. The number of aromatic nitrogens is 1. The largest absolute Gasteiger partial charge is 0.396 e. The summed E-state index contributed by atoms with van der Waals surface area (Å²) >= 11 is 0. The molecule has 0 aliphatic heterocycles. The summed E-state index contributed by atoms with van der Waals surface area (Å²) in [6.07, 6.45) is 6.75. The summed E-state index contributed by atoms with van der Waals surface area (Å²) in [5, 5.41) is 10.5. The number of nitrogens with zero attached hydrogens (tertiary/aromatic N) is 1. The SMILES string of the molecule is CCCCc1cn(CCCO)c2c(C)cc(C)cc12. The van der Waals surface area contributed by atoms with Crippen LogP contribution >= 0.6 is 0 Å². The molecule has 1 aromatic heterocycles. The van der Waals surface area contributed by atoms with E-state index in [1.165, 1.54) is 40.4 Å². The van der Waals surface area contributed by atoms with Crippen LogP contribution in [0.15, 0.2) is 18.3 Å². The Labute approximate surface area is 116 Å². The lowest BCUT2D eigenvalue weighted by molar-refractivity contribution is 0.280. The van der Waals surface area contributed by atoms with Crippen molar-refractivity contribution in [2.45, 2.75) is 53.0 Å². The highest BCUT2D eigenvalue weighted by Gasteiger charge is 2.10. The van der Waals surface area contributed by atoms with Gasteiger partial charge in [0.1, 0.15) is 0 Å². The standard InChI is InChI=1S/C17H25NO/c1-4-5-7-15-12-18(8-6-9-19)17-14(3)10-13(2)11-16(15)17/h10-12,19H,4-9H2,1-3H3. The van der Waals surface area contributed by atoms with E-state index in [0.29, 0.717) is 0 Å². The van der Waals surface area contributed by atoms with E-state index >= 15 is 0 Å². The Morgan fingerprint density at radius 2 is 1.95 bits per heavy atom. The number of aryl methyl sites for hydroxylation is 4. The van der Waals surface area contributed by atoms with Gasteiger partial charge in [-0.3, -0.25) is 0 Å². The van der Waals surface area contributed by atoms with Gasteiger partial charge in [-0.25, -0.2) is 0 Å². The highest BCUT2D eigenvalue weighted by Crippen LogP contribution is 2.27. The third-order valence-corrected chi connectivity index (χ3v) is 3.75. The molecule has 0 atom stereocenters. The number of rotatable bonds is 6. The predicted molar refractivity (Wildman–Crippen MR) is 81.7 cm³/mol. The van der Waals surface area contributed by atoms with E-state index in [1.54, 1.807) is 0 Å². The molecule has 1 heterocycles. The molecule has 0 spiro atoms. The molecular weight excluding hydrogens is 234 g/mol. The first-order valence-electron chi connectivity index (χ1n) is 7.37. The number of aliphatic hydroxyl groups is 1. The van der Waals surface area contributed by atoms with Gasteiger partial charge in [0.15, 0.2) is 0 Å². The first-order chi connectivity index (χ1) is 9.17. The summed E-state index contributed by atoms with van der Waals surface area (Å²) in [7, 11) is 0. The molecule has 0 aliphatic carbocycles. The fourth-order valence-electron chi connectivity index (χ4n) is 2.89. The maximum absolute atomic E-state index is 9.05. The van der Waals surface area contributed by atoms with E-state index < -0.39 is 0 Å². The van der Waals surface area contributed by atoms with Gasteiger partial charge < -0.3 is 9.67 Å². The molecule has 1 N–H and O–H groups in total. The average molecular weight is 259 g/mol. The Kier molecular flexibility index (Phi) is 4.65. The molecule has 2 rings (SSSR count). The molecule has 1 aromatic carbocycles. The molecule has 0 bridgehead atoms. The summed E-state index contributed by atoms with van der Waals surface area (Å²) in [5.74, 6) is 0. The van der Waals surface area contributed by atoms with Gasteiger partial charge in [0.25, 0.3) is 0 Å². The Morgan fingerprint density at radius 3 is 2.63 bits per heavy atom. The molecule has 0 saturated heterocycles. The second-order valence-electron chi connectivity index (χ2n) is 5.51. The van der Waals surface area contributed by atoms with E-state index in [4.69, 9.17) is 5.11 Å². The highest BCUT2D eigenvalue weighted by molar-refractivity contribution is 5.87. The normalized spacial score (nSPS) is 11.4. The fourth-order valence-corrected chi connectivity index (χ4v) is 2.89. The Bertz CT molecular complexity index is 554. The van der Waals surface area contributed by atoms with Crippen molar-refractivity contribution in [1.82, 2.24) is 4.57 Å². The predicted octanol–water partition coefficient (Wildman–Crippen LogP) is 3.98. The van der Waals surface area contributed by atoms with Gasteiger partial charge in [-0.15, -0.1) is 0 Å². The molecule has 19 heavy (non-hydrogen) atoms. The first kappa shape index (κ1) is 14.1. The van der Waals surface area contributed by atoms with Gasteiger partial charge in [-0.05, 0) is 50.3 Å². The Balaban J connectivity index is 2.49. The van der Waals surface area contributed by atoms with Crippen molar-refractivity contribution in [1.29, 1.82) is 0 Å². The van der Waals surface area contributed by atoms with Crippen LogP contribution < -0.4 is 0 Å². The van der Waals surface area contributed by atoms with Crippen molar-refractivity contribution in [3.63, 3.8) is 0 Å². The lowest BCUT2D eigenvalue weighted by Crippen LogP contribution is -1.99. The summed E-state index contributed by atoms with van der Waals surface area (Å²) in [4.78, 5) is 0. The summed E-state index contributed by atoms with van der Waals surface area (Å²) in [6.45, 7) is 7.76. The van der Waals surface area contributed by atoms with Crippen LogP contribution in [-0.4, -0.2) is 16.3 Å². The second-order valence-corrected chi connectivity index (χ2v) is 5.51. The fraction of sp³-hybridized carbons (Fsp3) is 0.529. The van der Waals surface area contributed by atoms with Gasteiger partial charge in [-0.1, -0.05) is 25.0 Å². The lowest BCUT2D eigenvalue weighted by atomic mass is 10.0. The van der Waals surface area contributed by atoms with Crippen LogP contribution in [0.4, 0.5) is 0 Å². The Hall–Kier alpha value is -1.28. The van der Waals surface area contributed by atoms with Gasteiger partial charge in [0.05, 0.1) is 5.52 Å². The summed E-state index contributed by atoms with van der Waals surface area (Å²) < 4.78 is 2.32. The number of hydrogen-bond donors (Lipinski definition) is 1. The van der Waals surface area contributed by atoms with Crippen LogP contribution in [0, 0.1) is 13.8 Å². The molecule has 0 aliphatic rings. The molecule has 2 aromatic rings. The minimum Gasteiger partial charge on any atom is -0.396 e. The third-order valence-electron chi connectivity index (χ3n) is 3.75. The minimum atomic E-state index is 0.259. The van der Waals surface area contributed by atoms with Crippen LogP contribution in [-0.2, 0) is 13.0 Å². The number of benzene rings is 1. The van der Waals surface area contributed by atoms with Crippen molar-refractivity contribution in [2.24, 2.45) is 0 Å². The highest BCUT2D eigenvalue weighted by atomic mass is 16.3. The number of aliphatic hydroxyl groups excluding tert-OH is 1. The van der Waals surface area contributed by atoms with E-state index in [0.717, 1.165) is 19.4 Å². The van der Waals surface area contributed by atoms with Gasteiger partial charge in [-0.2, -0.15) is 0 Å². The van der Waals surface area contributed by atoms with E-state index in [-0.39, 0.29) is 6.61 Å². The number of hydrogen-bond acceptors (Lipinski definition) is 1. The molecule has 0 amide bonds. The molecule has 0 saturated carbocycles. The van der Waals surface area contributed by atoms with E-state index in [1.807, 2.05) is 0 Å². The van der Waals surface area contributed by atoms with Crippen LogP contribution in [0.5, 0.6) is 0 Å². The van der Waals surface area contributed by atoms with Crippen LogP contribution in [0.2, 0.25) is 0 Å². The average Bonchev–Trinajstić information content (AvgIpc) is 2.72. The molecule has 2 nitrogen and oxygen atoms in total. The topological polar surface area (TPSA) is 25.2 Å². The maximum atomic E-state index is 9.05. The zero-order valence-corrected chi connectivity index (χ0v) is 12.4. The van der Waals surface area contributed by atoms with Crippen LogP contribution in [0.1, 0.15) is 42.9 Å². The molecule has 2 heteroatoms. The van der Waals surface area contributed by atoms with Gasteiger partial charge in [0, 0.05) is 24.7 Å². The van der Waals surface area contributed by atoms with Crippen molar-refractivity contribution < 1.29 is 5.11 Å². The summed E-state index contributed by atoms with van der Waals surface area (Å²) in [5.41, 5.74) is 5.49. The van der Waals surface area contributed by atoms with Crippen molar-refractivity contribution >= 4 is 10.9 Å². The molecule has 104 valence electrons. The van der Waals surface area contributed by atoms with Gasteiger partial charge in [0.2, 0.25) is 0 Å². The van der Waals surface area contributed by atoms with E-state index in [9.17, 15) is 0 Å².